The van der Waals surface area contributed by atoms with Gasteiger partial charge in [0.05, 0.1) is 11.5 Å². The van der Waals surface area contributed by atoms with Crippen molar-refractivity contribution in [1.82, 2.24) is 15.0 Å². The third kappa shape index (κ3) is 2.85. The van der Waals surface area contributed by atoms with Crippen molar-refractivity contribution in [3.63, 3.8) is 0 Å². The summed E-state index contributed by atoms with van der Waals surface area (Å²) in [6.07, 6.45) is 1.97. The third-order valence-electron chi connectivity index (χ3n) is 3.87. The highest BCUT2D eigenvalue weighted by molar-refractivity contribution is 7.12. The number of aryl methyl sites for hydroxylation is 3. The van der Waals surface area contributed by atoms with Gasteiger partial charge in [-0.2, -0.15) is 4.98 Å². The number of rotatable bonds is 2. The number of thiophene rings is 1. The Morgan fingerprint density at radius 3 is 2.86 bits per heavy atom. The number of nitrogens with zero attached hydrogens (tertiary/aromatic N) is 3. The molecule has 0 radical (unpaired) electrons. The number of hydrogen-bond donors (Lipinski definition) is 0. The monoisotopic (exact) mass is 305 g/mol. The average Bonchev–Trinajstić information content (AvgIpc) is 3.04. The van der Waals surface area contributed by atoms with Gasteiger partial charge in [0, 0.05) is 22.8 Å². The molecule has 3 rings (SSSR count). The van der Waals surface area contributed by atoms with Crippen LogP contribution in [0.5, 0.6) is 0 Å². The van der Waals surface area contributed by atoms with Gasteiger partial charge < -0.3 is 9.42 Å². The summed E-state index contributed by atoms with van der Waals surface area (Å²) in [7, 11) is 0. The maximum atomic E-state index is 12.7. The molecule has 2 aromatic rings. The molecule has 21 heavy (non-hydrogen) atoms. The maximum Gasteiger partial charge on any atom is 0.255 e. The first-order valence-electron chi connectivity index (χ1n) is 7.21. The van der Waals surface area contributed by atoms with E-state index in [0.29, 0.717) is 18.3 Å². The van der Waals surface area contributed by atoms with Gasteiger partial charge >= 0.3 is 0 Å². The zero-order valence-corrected chi connectivity index (χ0v) is 13.4. The van der Waals surface area contributed by atoms with Crippen molar-refractivity contribution in [1.29, 1.82) is 0 Å². The van der Waals surface area contributed by atoms with Crippen LogP contribution >= 0.6 is 11.3 Å². The minimum absolute atomic E-state index is 0.123. The molecule has 1 aliphatic rings. The molecule has 0 unspecified atom stereocenters. The van der Waals surface area contributed by atoms with Gasteiger partial charge in [-0.3, -0.25) is 4.79 Å². The van der Waals surface area contributed by atoms with Crippen LogP contribution in [0.25, 0.3) is 0 Å². The molecule has 1 fully saturated rings. The second-order valence-corrected chi connectivity index (χ2v) is 7.06. The van der Waals surface area contributed by atoms with Gasteiger partial charge in [0.1, 0.15) is 0 Å². The lowest BCUT2D eigenvalue weighted by molar-refractivity contribution is 0.0695. The minimum Gasteiger partial charge on any atom is -0.339 e. The van der Waals surface area contributed by atoms with Crippen molar-refractivity contribution in [3.8, 4) is 0 Å². The lowest BCUT2D eigenvalue weighted by atomic mass is 9.97. The fourth-order valence-electron chi connectivity index (χ4n) is 2.86. The van der Waals surface area contributed by atoms with E-state index in [1.807, 2.05) is 31.7 Å². The van der Waals surface area contributed by atoms with Gasteiger partial charge in [-0.1, -0.05) is 5.16 Å². The number of piperidine rings is 1. The Balaban J connectivity index is 1.77. The summed E-state index contributed by atoms with van der Waals surface area (Å²) in [6.45, 7) is 7.32. The minimum atomic E-state index is 0.123. The van der Waals surface area contributed by atoms with Crippen LogP contribution in [0.2, 0.25) is 0 Å². The van der Waals surface area contributed by atoms with E-state index in [-0.39, 0.29) is 11.8 Å². The fraction of sp³-hybridized carbons (Fsp3) is 0.533. The van der Waals surface area contributed by atoms with Gasteiger partial charge in [0.15, 0.2) is 5.82 Å². The summed E-state index contributed by atoms with van der Waals surface area (Å²) in [5, 5.41) is 3.85. The molecule has 5 nitrogen and oxygen atoms in total. The van der Waals surface area contributed by atoms with Crippen LogP contribution in [0, 0.1) is 20.8 Å². The summed E-state index contributed by atoms with van der Waals surface area (Å²) < 4.78 is 5.27. The molecule has 1 atom stereocenters. The standard InChI is InChI=1S/C15H19N3O2S/c1-9-7-13(10(2)21-9)15(19)18-6-4-5-12(8-18)14-16-11(3)17-20-14/h7,12H,4-6,8H2,1-3H3/t12-/m0/s1. The maximum absolute atomic E-state index is 12.7. The number of carbonyl (C=O) groups is 1. The van der Waals surface area contributed by atoms with E-state index in [9.17, 15) is 4.79 Å². The highest BCUT2D eigenvalue weighted by atomic mass is 32.1. The second-order valence-electron chi connectivity index (χ2n) is 5.60. The van der Waals surface area contributed by atoms with E-state index in [1.54, 1.807) is 11.3 Å². The molecule has 1 saturated heterocycles. The molecule has 0 aliphatic carbocycles. The van der Waals surface area contributed by atoms with Gasteiger partial charge in [-0.25, -0.2) is 0 Å². The van der Waals surface area contributed by atoms with E-state index in [1.165, 1.54) is 4.88 Å². The van der Waals surface area contributed by atoms with Crippen molar-refractivity contribution in [2.45, 2.75) is 39.5 Å². The summed E-state index contributed by atoms with van der Waals surface area (Å²) in [5.74, 6) is 1.59. The van der Waals surface area contributed by atoms with Crippen LogP contribution in [-0.4, -0.2) is 34.0 Å². The van der Waals surface area contributed by atoms with Crippen molar-refractivity contribution >= 4 is 17.2 Å². The quantitative estimate of drug-likeness (QED) is 0.855. The van der Waals surface area contributed by atoms with E-state index < -0.39 is 0 Å². The molecule has 1 aliphatic heterocycles. The highest BCUT2D eigenvalue weighted by Crippen LogP contribution is 2.28. The number of likely N-dealkylation sites (tertiary alicyclic amines) is 1. The van der Waals surface area contributed by atoms with Crippen LogP contribution < -0.4 is 0 Å². The number of hydrogen-bond acceptors (Lipinski definition) is 5. The molecule has 0 saturated carbocycles. The molecular weight excluding hydrogens is 286 g/mol. The summed E-state index contributed by atoms with van der Waals surface area (Å²) in [5.41, 5.74) is 0.833. The Hall–Kier alpha value is -1.69. The SMILES string of the molecule is Cc1noc([C@H]2CCCN(C(=O)c3cc(C)sc3C)C2)n1. The smallest absolute Gasteiger partial charge is 0.255 e. The average molecular weight is 305 g/mol. The van der Waals surface area contributed by atoms with Gasteiger partial charge in [0.2, 0.25) is 5.89 Å². The summed E-state index contributed by atoms with van der Waals surface area (Å²) in [6, 6.07) is 1.99. The van der Waals surface area contributed by atoms with E-state index in [0.717, 1.165) is 29.8 Å². The van der Waals surface area contributed by atoms with Crippen molar-refractivity contribution in [2.75, 3.05) is 13.1 Å². The number of carbonyl (C=O) groups excluding carboxylic acids is 1. The third-order valence-corrected chi connectivity index (χ3v) is 4.84. The molecule has 0 spiro atoms. The zero-order valence-electron chi connectivity index (χ0n) is 12.5. The summed E-state index contributed by atoms with van der Waals surface area (Å²) in [4.78, 5) is 21.2. The molecule has 0 N–H and O–H groups in total. The van der Waals surface area contributed by atoms with Crippen LogP contribution in [-0.2, 0) is 0 Å². The number of aromatic nitrogens is 2. The Morgan fingerprint density at radius 2 is 2.24 bits per heavy atom. The highest BCUT2D eigenvalue weighted by Gasteiger charge is 2.29. The molecule has 0 aromatic carbocycles. The molecule has 2 aromatic heterocycles. The predicted octanol–water partition coefficient (Wildman–Crippen LogP) is 3.08. The van der Waals surface area contributed by atoms with Crippen molar-refractivity contribution in [3.05, 3.63) is 33.1 Å². The lowest BCUT2D eigenvalue weighted by Gasteiger charge is -2.31. The molecule has 0 bridgehead atoms. The van der Waals surface area contributed by atoms with Crippen LogP contribution in [0.3, 0.4) is 0 Å². The molecule has 112 valence electrons. The van der Waals surface area contributed by atoms with Gasteiger partial charge in [-0.05, 0) is 39.7 Å². The van der Waals surface area contributed by atoms with Crippen molar-refractivity contribution < 1.29 is 9.32 Å². The first kappa shape index (κ1) is 14.3. The largest absolute Gasteiger partial charge is 0.339 e. The first-order chi connectivity index (χ1) is 10.0. The molecule has 1 amide bonds. The van der Waals surface area contributed by atoms with Gasteiger partial charge in [0.25, 0.3) is 5.91 Å². The Labute approximate surface area is 128 Å². The molecule has 3 heterocycles. The van der Waals surface area contributed by atoms with E-state index in [2.05, 4.69) is 10.1 Å². The van der Waals surface area contributed by atoms with E-state index in [4.69, 9.17) is 4.52 Å². The van der Waals surface area contributed by atoms with Crippen LogP contribution in [0.15, 0.2) is 10.6 Å². The predicted molar refractivity (Wildman–Crippen MR) is 80.7 cm³/mol. The Bertz CT molecular complexity index is 662. The topological polar surface area (TPSA) is 59.2 Å². The van der Waals surface area contributed by atoms with E-state index >= 15 is 0 Å². The zero-order chi connectivity index (χ0) is 15.0. The lowest BCUT2D eigenvalue weighted by Crippen LogP contribution is -2.39. The number of amides is 1. The Kier molecular flexibility index (Phi) is 3.80. The first-order valence-corrected chi connectivity index (χ1v) is 8.02. The normalized spacial score (nSPS) is 19.0. The molecule has 6 heteroatoms. The molecular formula is C15H19N3O2S. The second kappa shape index (κ2) is 5.60. The summed E-state index contributed by atoms with van der Waals surface area (Å²) >= 11 is 1.67. The van der Waals surface area contributed by atoms with Gasteiger partial charge in [-0.15, -0.1) is 11.3 Å². The Morgan fingerprint density at radius 1 is 1.43 bits per heavy atom. The fourth-order valence-corrected chi connectivity index (χ4v) is 3.77. The van der Waals surface area contributed by atoms with Crippen molar-refractivity contribution in [2.24, 2.45) is 0 Å². The van der Waals surface area contributed by atoms with Crippen LogP contribution in [0.4, 0.5) is 0 Å². The van der Waals surface area contributed by atoms with Crippen LogP contribution in [0.1, 0.15) is 50.6 Å².